The van der Waals surface area contributed by atoms with E-state index in [4.69, 9.17) is 0 Å². The van der Waals surface area contributed by atoms with Gasteiger partial charge in [0.2, 0.25) is 11.0 Å². The van der Waals surface area contributed by atoms with Crippen molar-refractivity contribution < 1.29 is 22.7 Å². The van der Waals surface area contributed by atoms with Crippen LogP contribution in [-0.2, 0) is 24.1 Å². The van der Waals surface area contributed by atoms with E-state index < -0.39 is 12.3 Å². The van der Waals surface area contributed by atoms with Gasteiger partial charge in [-0.1, -0.05) is 29.5 Å². The van der Waals surface area contributed by atoms with E-state index in [2.05, 4.69) is 30.6 Å². The highest BCUT2D eigenvalue weighted by molar-refractivity contribution is 7.15. The number of ether oxygens (including phenoxy) is 1. The van der Waals surface area contributed by atoms with E-state index in [1.807, 2.05) is 25.4 Å². The predicted octanol–water partition coefficient (Wildman–Crippen LogP) is 4.62. The summed E-state index contributed by atoms with van der Waals surface area (Å²) in [6, 6.07) is 9.30. The van der Waals surface area contributed by atoms with Gasteiger partial charge in [-0.3, -0.25) is 4.79 Å². The normalized spacial score (nSPS) is 11.2. The SMILES string of the molecule is CNc1ccc(CCCCc2nnc(NC(=O)Cc3cccc(OC(F)(F)F)c3)s2)cn1. The zero-order valence-electron chi connectivity index (χ0n) is 17.3. The summed E-state index contributed by atoms with van der Waals surface area (Å²) in [5, 5.41) is 14.8. The summed E-state index contributed by atoms with van der Waals surface area (Å²) in [7, 11) is 1.83. The first-order chi connectivity index (χ1) is 15.3. The number of halogens is 3. The van der Waals surface area contributed by atoms with E-state index in [1.54, 1.807) is 6.07 Å². The van der Waals surface area contributed by atoms with Gasteiger partial charge in [0.05, 0.1) is 6.42 Å². The van der Waals surface area contributed by atoms with E-state index in [1.165, 1.54) is 35.1 Å². The van der Waals surface area contributed by atoms with Crippen LogP contribution in [-0.4, -0.2) is 34.5 Å². The molecule has 0 radical (unpaired) electrons. The van der Waals surface area contributed by atoms with Crippen LogP contribution in [0.25, 0.3) is 0 Å². The molecule has 1 amide bonds. The Morgan fingerprint density at radius 2 is 1.91 bits per heavy atom. The fourth-order valence-electron chi connectivity index (χ4n) is 2.93. The molecule has 7 nitrogen and oxygen atoms in total. The number of nitrogens with zero attached hydrogens (tertiary/aromatic N) is 3. The van der Waals surface area contributed by atoms with Crippen LogP contribution in [0.5, 0.6) is 5.75 Å². The minimum Gasteiger partial charge on any atom is -0.406 e. The van der Waals surface area contributed by atoms with Gasteiger partial charge in [-0.15, -0.1) is 23.4 Å². The molecule has 0 bridgehead atoms. The van der Waals surface area contributed by atoms with E-state index in [9.17, 15) is 18.0 Å². The molecule has 0 aliphatic carbocycles. The van der Waals surface area contributed by atoms with E-state index >= 15 is 0 Å². The molecule has 0 fully saturated rings. The number of hydrogen-bond acceptors (Lipinski definition) is 7. The van der Waals surface area contributed by atoms with Crippen molar-refractivity contribution in [1.29, 1.82) is 0 Å². The van der Waals surface area contributed by atoms with Crippen molar-refractivity contribution in [2.45, 2.75) is 38.5 Å². The van der Waals surface area contributed by atoms with Crippen molar-refractivity contribution in [3.05, 3.63) is 58.7 Å². The molecular weight excluding hydrogens is 443 g/mol. The number of aryl methyl sites for hydroxylation is 2. The number of amides is 1. The van der Waals surface area contributed by atoms with Crippen LogP contribution in [0.1, 0.15) is 29.0 Å². The van der Waals surface area contributed by atoms with Gasteiger partial charge in [-0.2, -0.15) is 0 Å². The summed E-state index contributed by atoms with van der Waals surface area (Å²) in [5.74, 6) is 0.0728. The second-order valence-electron chi connectivity index (χ2n) is 6.93. The highest BCUT2D eigenvalue weighted by Crippen LogP contribution is 2.24. The number of aromatic nitrogens is 3. The molecule has 11 heteroatoms. The number of alkyl halides is 3. The van der Waals surface area contributed by atoms with Gasteiger partial charge >= 0.3 is 6.36 Å². The van der Waals surface area contributed by atoms with Crippen molar-refractivity contribution in [2.75, 3.05) is 17.7 Å². The predicted molar refractivity (Wildman–Crippen MR) is 116 cm³/mol. The number of unbranched alkanes of at least 4 members (excludes halogenated alkanes) is 1. The minimum absolute atomic E-state index is 0.107. The van der Waals surface area contributed by atoms with Crippen molar-refractivity contribution in [3.8, 4) is 5.75 Å². The van der Waals surface area contributed by atoms with Crippen LogP contribution < -0.4 is 15.4 Å². The van der Waals surface area contributed by atoms with E-state index in [0.29, 0.717) is 10.7 Å². The Bertz CT molecular complexity index is 1020. The lowest BCUT2D eigenvalue weighted by atomic mass is 10.1. The second kappa shape index (κ2) is 10.9. The van der Waals surface area contributed by atoms with Crippen molar-refractivity contribution >= 4 is 28.2 Å². The van der Waals surface area contributed by atoms with Gasteiger partial charge in [0.25, 0.3) is 0 Å². The minimum atomic E-state index is -4.78. The van der Waals surface area contributed by atoms with Crippen molar-refractivity contribution in [1.82, 2.24) is 15.2 Å². The summed E-state index contributed by atoms with van der Waals surface area (Å²) in [4.78, 5) is 16.5. The van der Waals surface area contributed by atoms with Gasteiger partial charge in [-0.25, -0.2) is 4.98 Å². The van der Waals surface area contributed by atoms with Crippen molar-refractivity contribution in [3.63, 3.8) is 0 Å². The number of carbonyl (C=O) groups excluding carboxylic acids is 1. The van der Waals surface area contributed by atoms with E-state index in [-0.39, 0.29) is 12.2 Å². The highest BCUT2D eigenvalue weighted by Gasteiger charge is 2.31. The first-order valence-electron chi connectivity index (χ1n) is 9.90. The number of hydrogen-bond donors (Lipinski definition) is 2. The van der Waals surface area contributed by atoms with Crippen LogP contribution >= 0.6 is 11.3 Å². The number of nitrogens with one attached hydrogen (secondary N) is 2. The Balaban J connectivity index is 1.42. The fraction of sp³-hybridized carbons (Fsp3) is 0.333. The molecule has 0 aliphatic rings. The standard InChI is InChI=1S/C21H22F3N5O2S/c1-25-17-10-9-14(13-26-17)5-2-3-8-19-28-29-20(32-19)27-18(30)12-15-6-4-7-16(11-15)31-21(22,23)24/h4,6-7,9-11,13H,2-3,5,8,12H2,1H3,(H,25,26)(H,27,29,30). The van der Waals surface area contributed by atoms with Crippen LogP contribution in [0.2, 0.25) is 0 Å². The van der Waals surface area contributed by atoms with Gasteiger partial charge in [0.1, 0.15) is 16.6 Å². The third-order valence-corrected chi connectivity index (χ3v) is 5.30. The first-order valence-corrected chi connectivity index (χ1v) is 10.7. The molecule has 1 aromatic carbocycles. The summed E-state index contributed by atoms with van der Waals surface area (Å²) >= 11 is 1.29. The first kappa shape index (κ1) is 23.5. The largest absolute Gasteiger partial charge is 0.573 e. The molecule has 0 atom stereocenters. The fourth-order valence-corrected chi connectivity index (χ4v) is 3.73. The second-order valence-corrected chi connectivity index (χ2v) is 7.99. The molecule has 3 aromatic rings. The molecule has 0 spiro atoms. The molecule has 170 valence electrons. The van der Waals surface area contributed by atoms with Crippen LogP contribution in [0.15, 0.2) is 42.6 Å². The Morgan fingerprint density at radius 1 is 1.09 bits per heavy atom. The zero-order valence-corrected chi connectivity index (χ0v) is 18.1. The quantitative estimate of drug-likeness (QED) is 0.425. The van der Waals surface area contributed by atoms with E-state index in [0.717, 1.165) is 36.5 Å². The Morgan fingerprint density at radius 3 is 2.62 bits per heavy atom. The Hall–Kier alpha value is -3.21. The molecule has 3 rings (SSSR count). The molecule has 2 aromatic heterocycles. The maximum atomic E-state index is 12.3. The average molecular weight is 466 g/mol. The maximum absolute atomic E-state index is 12.3. The topological polar surface area (TPSA) is 89.0 Å². The van der Waals surface area contributed by atoms with Gasteiger partial charge in [-0.05, 0) is 48.6 Å². The number of pyridine rings is 1. The Labute approximate surface area is 187 Å². The Kier molecular flexibility index (Phi) is 7.98. The number of benzene rings is 1. The molecule has 0 saturated carbocycles. The number of carbonyl (C=O) groups is 1. The molecule has 0 saturated heterocycles. The molecule has 0 aliphatic heterocycles. The number of anilines is 2. The monoisotopic (exact) mass is 465 g/mol. The average Bonchev–Trinajstić information content (AvgIpc) is 3.17. The summed E-state index contributed by atoms with van der Waals surface area (Å²) < 4.78 is 40.9. The zero-order chi connectivity index (χ0) is 23.0. The molecular formula is C21H22F3N5O2S. The van der Waals surface area contributed by atoms with Crippen LogP contribution in [0.4, 0.5) is 24.1 Å². The molecule has 2 N–H and O–H groups in total. The smallest absolute Gasteiger partial charge is 0.406 e. The summed E-state index contributed by atoms with van der Waals surface area (Å²) in [6.45, 7) is 0. The van der Waals surface area contributed by atoms with Crippen molar-refractivity contribution in [2.24, 2.45) is 0 Å². The summed E-state index contributed by atoms with van der Waals surface area (Å²) in [5.41, 5.74) is 1.56. The number of rotatable bonds is 10. The van der Waals surface area contributed by atoms with Crippen LogP contribution in [0, 0.1) is 0 Å². The lowest BCUT2D eigenvalue weighted by Crippen LogP contribution is -2.17. The van der Waals surface area contributed by atoms with Gasteiger partial charge in [0.15, 0.2) is 0 Å². The third kappa shape index (κ3) is 7.80. The molecule has 32 heavy (non-hydrogen) atoms. The summed E-state index contributed by atoms with van der Waals surface area (Å²) in [6.07, 6.45) is 0.515. The third-order valence-electron chi connectivity index (χ3n) is 4.40. The van der Waals surface area contributed by atoms with Gasteiger partial charge in [0, 0.05) is 19.7 Å². The lowest BCUT2D eigenvalue weighted by Gasteiger charge is -2.09. The van der Waals surface area contributed by atoms with Gasteiger partial charge < -0.3 is 15.4 Å². The van der Waals surface area contributed by atoms with Crippen LogP contribution in [0.3, 0.4) is 0 Å². The highest BCUT2D eigenvalue weighted by atomic mass is 32.1. The molecule has 0 unspecified atom stereocenters. The maximum Gasteiger partial charge on any atom is 0.573 e. The molecule has 2 heterocycles. The lowest BCUT2D eigenvalue weighted by molar-refractivity contribution is -0.274.